The van der Waals surface area contributed by atoms with Crippen molar-refractivity contribution in [1.29, 1.82) is 0 Å². The van der Waals surface area contributed by atoms with Gasteiger partial charge in [-0.25, -0.2) is 5.57 Å². The molecule has 284 valence electrons. The number of hydrogen-bond donors (Lipinski definition) is 0. The van der Waals surface area contributed by atoms with Crippen LogP contribution in [0.3, 0.4) is 0 Å². The van der Waals surface area contributed by atoms with E-state index in [4.69, 9.17) is 0 Å². The fourth-order valence-electron chi connectivity index (χ4n) is 10.6. The van der Waals surface area contributed by atoms with E-state index in [9.17, 15) is 0 Å². The molecule has 0 aliphatic heterocycles. The molecule has 0 spiro atoms. The maximum atomic E-state index is 3.57. The van der Waals surface area contributed by atoms with Gasteiger partial charge in [0.15, 0.2) is 0 Å². The summed E-state index contributed by atoms with van der Waals surface area (Å²) in [7, 11) is 0. The molecule has 4 aromatic carbocycles. The number of fused-ring (bicyclic) bond motifs is 3. The van der Waals surface area contributed by atoms with E-state index in [1.807, 2.05) is 0 Å². The molecule has 1 unspecified atom stereocenters. The number of benzene rings is 4. The van der Waals surface area contributed by atoms with Crippen molar-refractivity contribution in [3.8, 4) is 11.1 Å². The molecule has 4 aromatic rings. The second-order valence-electron chi connectivity index (χ2n) is 20.3. The Bertz CT molecular complexity index is 1940. The molecule has 6 aliphatic carbocycles. The molecular weight excluding hydrogens is 740 g/mol. The molecule has 0 radical (unpaired) electrons. The molecule has 10 rings (SSSR count). The molecule has 0 nitrogen and oxygen atoms in total. The second-order valence-corrected chi connectivity index (χ2v) is 21.5. The van der Waals surface area contributed by atoms with E-state index in [1.54, 1.807) is 44.1 Å². The van der Waals surface area contributed by atoms with E-state index in [-0.39, 0.29) is 10.8 Å². The maximum absolute atomic E-state index is 3.57. The number of hydrogen-bond acceptors (Lipinski definition) is 0. The van der Waals surface area contributed by atoms with Crippen molar-refractivity contribution in [2.45, 2.75) is 131 Å². The van der Waals surface area contributed by atoms with E-state index in [1.165, 1.54) is 95.1 Å². The van der Waals surface area contributed by atoms with Gasteiger partial charge in [-0.15, -0.1) is 5.56 Å². The summed E-state index contributed by atoms with van der Waals surface area (Å²) in [6, 6.07) is 32.6. The van der Waals surface area contributed by atoms with E-state index >= 15 is 0 Å². The minimum atomic E-state index is 0.177. The first-order valence-corrected chi connectivity index (χ1v) is 22.4. The van der Waals surface area contributed by atoms with Crippen molar-refractivity contribution in [2.24, 2.45) is 29.1 Å². The second kappa shape index (κ2) is 15.8. The first-order valence-electron chi connectivity index (χ1n) is 21.2. The van der Waals surface area contributed by atoms with Gasteiger partial charge in [0.05, 0.1) is 0 Å². The first kappa shape index (κ1) is 40.3. The summed E-state index contributed by atoms with van der Waals surface area (Å²) in [6.07, 6.45) is 17.8. The normalized spacial score (nSPS) is 24.5. The summed E-state index contributed by atoms with van der Waals surface area (Å²) < 4.78 is 1.42. The van der Waals surface area contributed by atoms with Crippen molar-refractivity contribution in [1.82, 2.24) is 0 Å². The summed E-state index contributed by atoms with van der Waals surface area (Å²) in [5.41, 5.74) is 17.9. The molecular formula is C54H64Zr. The van der Waals surface area contributed by atoms with Gasteiger partial charge < -0.3 is 0 Å². The van der Waals surface area contributed by atoms with Crippen LogP contribution >= 0.6 is 0 Å². The Kier molecular flexibility index (Phi) is 11.6. The third-order valence-corrected chi connectivity index (χ3v) is 14.7. The van der Waals surface area contributed by atoms with Crippen molar-refractivity contribution < 1.29 is 24.2 Å². The van der Waals surface area contributed by atoms with Crippen LogP contribution in [0, 0.1) is 55.1 Å². The summed E-state index contributed by atoms with van der Waals surface area (Å²) in [4.78, 5) is 0. The van der Waals surface area contributed by atoms with Gasteiger partial charge >= 0.3 is 112 Å². The van der Waals surface area contributed by atoms with Crippen LogP contribution in [0.4, 0.5) is 0 Å². The van der Waals surface area contributed by atoms with Crippen molar-refractivity contribution in [3.63, 3.8) is 0 Å². The van der Waals surface area contributed by atoms with Gasteiger partial charge in [-0.2, -0.15) is 41.0 Å². The third-order valence-electron chi connectivity index (χ3n) is 13.3. The van der Waals surface area contributed by atoms with Crippen LogP contribution in [-0.2, 0) is 41.5 Å². The average molecular weight is 804 g/mol. The Hall–Kier alpha value is -2.89. The average Bonchev–Trinajstić information content (AvgIpc) is 3.64. The standard InChI is InChI=1S/C21H25.C18H25.C15H14.Zr/c1-20(2,3)16-9-7-14-11-15-8-10-17(21(4,5)6)13-19(15)18(14)12-16;1-12-3-13(2)17(4-12)11-18-8-14-5-15(9-18)7-16(6-14)10-18;1-12-3-7-14(8-4-12)11-15-9-5-13(2)6-10-15;/h7,9-10,12-13H,11H2,1-6H3;4,12,14-16H,5-11H2,1-2H3;3-10H,1-2H3;/q2*-1;;+2. The van der Waals surface area contributed by atoms with Gasteiger partial charge in [0.2, 0.25) is 0 Å². The van der Waals surface area contributed by atoms with Crippen LogP contribution in [0.25, 0.3) is 11.1 Å². The number of aryl methyl sites for hydroxylation is 2. The molecule has 55 heavy (non-hydrogen) atoms. The van der Waals surface area contributed by atoms with E-state index in [0.717, 1.165) is 24.2 Å². The van der Waals surface area contributed by atoms with Gasteiger partial charge in [-0.3, -0.25) is 6.08 Å². The van der Waals surface area contributed by atoms with Crippen LogP contribution in [0.2, 0.25) is 0 Å². The molecule has 0 heterocycles. The minimum absolute atomic E-state index is 0.177. The Balaban J connectivity index is 0.000000128. The van der Waals surface area contributed by atoms with Crippen LogP contribution in [0.5, 0.6) is 0 Å². The SMILES string of the molecule is CC(C)(C)c1c[c-]c2c(c1)-c1cc(C(C)(C)C)ccc1C2.CC1=[C-]C(C)C=C1CC12CC3CC(CC(C3)C1)C2.Cc1ccc([C](=[Zr+2])c2ccc(C)cc2)cc1. The van der Waals surface area contributed by atoms with E-state index in [2.05, 4.69) is 166 Å². The summed E-state index contributed by atoms with van der Waals surface area (Å²) in [5.74, 6) is 3.82. The van der Waals surface area contributed by atoms with Gasteiger partial charge in [0.25, 0.3) is 0 Å². The zero-order valence-corrected chi connectivity index (χ0v) is 38.0. The Morgan fingerprint density at radius 2 is 1.20 bits per heavy atom. The van der Waals surface area contributed by atoms with Crippen molar-refractivity contribution in [3.05, 3.63) is 153 Å². The predicted octanol–water partition coefficient (Wildman–Crippen LogP) is 14.0. The van der Waals surface area contributed by atoms with Gasteiger partial charge in [0, 0.05) is 0 Å². The summed E-state index contributed by atoms with van der Waals surface area (Å²) in [5, 5.41) is 0. The molecule has 1 heteroatoms. The Morgan fingerprint density at radius 3 is 1.67 bits per heavy atom. The monoisotopic (exact) mass is 802 g/mol. The molecule has 6 aliphatic rings. The van der Waals surface area contributed by atoms with Gasteiger partial charge in [-0.05, 0) is 79.1 Å². The van der Waals surface area contributed by atoms with Crippen LogP contribution < -0.4 is 0 Å². The fourth-order valence-corrected chi connectivity index (χ4v) is 11.4. The Labute approximate surface area is 349 Å². The molecule has 4 bridgehead atoms. The molecule has 0 aromatic heterocycles. The van der Waals surface area contributed by atoms with Gasteiger partial charge in [0.1, 0.15) is 0 Å². The van der Waals surface area contributed by atoms with E-state index in [0.29, 0.717) is 11.3 Å². The molecule has 0 N–H and O–H groups in total. The van der Waals surface area contributed by atoms with Crippen LogP contribution in [-0.4, -0.2) is 3.21 Å². The zero-order chi connectivity index (χ0) is 39.3. The molecule has 4 fully saturated rings. The topological polar surface area (TPSA) is 0 Å². The zero-order valence-electron chi connectivity index (χ0n) is 35.5. The van der Waals surface area contributed by atoms with Crippen molar-refractivity contribution >= 4 is 3.21 Å². The number of rotatable bonds is 4. The van der Waals surface area contributed by atoms with Crippen LogP contribution in [0.15, 0.2) is 96.1 Å². The molecule has 0 amide bonds. The van der Waals surface area contributed by atoms with Crippen molar-refractivity contribution in [2.75, 3.05) is 0 Å². The third kappa shape index (κ3) is 9.30. The summed E-state index contributed by atoms with van der Waals surface area (Å²) in [6.45, 7) is 22.4. The fraction of sp³-hybridized carbons (Fsp3) is 0.463. The summed E-state index contributed by atoms with van der Waals surface area (Å²) >= 11 is 1.46. The molecule has 1 atom stereocenters. The Morgan fingerprint density at radius 1 is 0.691 bits per heavy atom. The molecule has 4 saturated carbocycles. The van der Waals surface area contributed by atoms with Crippen LogP contribution in [0.1, 0.15) is 145 Å². The van der Waals surface area contributed by atoms with Gasteiger partial charge in [-0.1, -0.05) is 102 Å². The quantitative estimate of drug-likeness (QED) is 0.159. The first-order chi connectivity index (χ1) is 25.9. The molecule has 0 saturated heterocycles. The predicted molar refractivity (Wildman–Crippen MR) is 231 cm³/mol. The van der Waals surface area contributed by atoms with E-state index < -0.39 is 0 Å². The number of allylic oxidation sites excluding steroid dienone is 4.